The van der Waals surface area contributed by atoms with E-state index in [1.54, 1.807) is 6.21 Å². The van der Waals surface area contributed by atoms with Crippen molar-refractivity contribution in [3.63, 3.8) is 0 Å². The molecule has 6 heteroatoms. The molecule has 0 aliphatic rings. The number of carbonyl (C=O) groups is 1. The van der Waals surface area contributed by atoms with Crippen LogP contribution in [0.3, 0.4) is 0 Å². The van der Waals surface area contributed by atoms with Gasteiger partial charge in [0.25, 0.3) is 11.6 Å². The molecule has 0 spiro atoms. The quantitative estimate of drug-likeness (QED) is 0.534. The van der Waals surface area contributed by atoms with Gasteiger partial charge in [0, 0.05) is 17.7 Å². The van der Waals surface area contributed by atoms with E-state index in [0.29, 0.717) is 5.56 Å². The predicted molar refractivity (Wildman–Crippen MR) is 88.8 cm³/mol. The second-order valence-electron chi connectivity index (χ2n) is 5.30. The lowest BCUT2D eigenvalue weighted by Crippen LogP contribution is -2.17. The van der Waals surface area contributed by atoms with Gasteiger partial charge < -0.3 is 0 Å². The Morgan fingerprint density at radius 3 is 2.30 bits per heavy atom. The topological polar surface area (TPSA) is 84.6 Å². The van der Waals surface area contributed by atoms with Crippen LogP contribution in [0, 0.1) is 30.9 Å². The number of nitro groups is 1. The van der Waals surface area contributed by atoms with E-state index in [0.717, 1.165) is 16.7 Å². The molecule has 0 atom stereocenters. The summed E-state index contributed by atoms with van der Waals surface area (Å²) >= 11 is 0. The number of hydrazone groups is 1. The Hall–Kier alpha value is -3.02. The molecule has 0 bridgehead atoms. The summed E-state index contributed by atoms with van der Waals surface area (Å²) < 4.78 is 0. The normalized spacial score (nSPS) is 10.7. The van der Waals surface area contributed by atoms with Crippen molar-refractivity contribution in [3.05, 3.63) is 74.3 Å². The molecule has 2 aromatic carbocycles. The monoisotopic (exact) mass is 311 g/mol. The summed E-state index contributed by atoms with van der Waals surface area (Å²) in [7, 11) is 0. The summed E-state index contributed by atoms with van der Waals surface area (Å²) in [5, 5.41) is 14.5. The van der Waals surface area contributed by atoms with Crippen molar-refractivity contribution in [1.82, 2.24) is 5.43 Å². The number of benzene rings is 2. The number of rotatable bonds is 4. The molecular formula is C17H17N3O3. The highest BCUT2D eigenvalue weighted by Crippen LogP contribution is 2.14. The van der Waals surface area contributed by atoms with Gasteiger partial charge in [0.05, 0.1) is 11.1 Å². The van der Waals surface area contributed by atoms with Crippen molar-refractivity contribution in [2.45, 2.75) is 20.8 Å². The molecule has 0 aliphatic heterocycles. The molecule has 0 heterocycles. The van der Waals surface area contributed by atoms with E-state index in [1.165, 1.54) is 29.8 Å². The number of nitrogens with one attached hydrogen (secondary N) is 1. The second kappa shape index (κ2) is 6.83. The predicted octanol–water partition coefficient (Wildman–Crippen LogP) is 3.28. The number of amides is 1. The average molecular weight is 311 g/mol. The van der Waals surface area contributed by atoms with Crippen LogP contribution < -0.4 is 5.43 Å². The lowest BCUT2D eigenvalue weighted by molar-refractivity contribution is -0.384. The van der Waals surface area contributed by atoms with Crippen LogP contribution in [-0.2, 0) is 0 Å². The van der Waals surface area contributed by atoms with Crippen molar-refractivity contribution in [2.75, 3.05) is 0 Å². The molecule has 1 N–H and O–H groups in total. The molecule has 0 radical (unpaired) electrons. The van der Waals surface area contributed by atoms with Gasteiger partial charge in [-0.2, -0.15) is 5.10 Å². The van der Waals surface area contributed by atoms with Crippen LogP contribution in [0.15, 0.2) is 41.5 Å². The van der Waals surface area contributed by atoms with E-state index in [2.05, 4.69) is 16.6 Å². The molecule has 0 saturated carbocycles. The number of nitrogens with zero attached hydrogens (tertiary/aromatic N) is 2. The third-order valence-corrected chi connectivity index (χ3v) is 3.59. The zero-order valence-corrected chi connectivity index (χ0v) is 13.2. The third-order valence-electron chi connectivity index (χ3n) is 3.59. The van der Waals surface area contributed by atoms with E-state index < -0.39 is 10.8 Å². The Bertz CT molecular complexity index is 780. The summed E-state index contributed by atoms with van der Waals surface area (Å²) in [5.74, 6) is -0.419. The fourth-order valence-corrected chi connectivity index (χ4v) is 2.08. The first-order valence-electron chi connectivity index (χ1n) is 7.04. The maximum absolute atomic E-state index is 11.9. The number of hydrogen-bond donors (Lipinski definition) is 1. The standard InChI is InChI=1S/C17H17N3O3/c1-11-8-13(3)15(9-12(11)2)10-18-19-17(21)14-4-6-16(7-5-14)20(22)23/h4-10H,1-3H3,(H,19,21)/b18-10-. The summed E-state index contributed by atoms with van der Waals surface area (Å²) in [6.07, 6.45) is 1.59. The fraction of sp³-hybridized carbons (Fsp3) is 0.176. The minimum absolute atomic E-state index is 0.0594. The minimum atomic E-state index is -0.512. The van der Waals surface area contributed by atoms with Gasteiger partial charge in [0.1, 0.15) is 0 Å². The largest absolute Gasteiger partial charge is 0.271 e. The summed E-state index contributed by atoms with van der Waals surface area (Å²) in [6, 6.07) is 9.42. The van der Waals surface area contributed by atoms with Crippen molar-refractivity contribution in [3.8, 4) is 0 Å². The second-order valence-corrected chi connectivity index (χ2v) is 5.30. The summed E-state index contributed by atoms with van der Waals surface area (Å²) in [4.78, 5) is 22.0. The van der Waals surface area contributed by atoms with Crippen LogP contribution >= 0.6 is 0 Å². The van der Waals surface area contributed by atoms with Crippen molar-refractivity contribution < 1.29 is 9.72 Å². The van der Waals surface area contributed by atoms with E-state index in [-0.39, 0.29) is 5.69 Å². The molecule has 6 nitrogen and oxygen atoms in total. The van der Waals surface area contributed by atoms with E-state index in [4.69, 9.17) is 0 Å². The molecule has 0 aliphatic carbocycles. The fourth-order valence-electron chi connectivity index (χ4n) is 2.08. The van der Waals surface area contributed by atoms with E-state index >= 15 is 0 Å². The number of aryl methyl sites for hydroxylation is 3. The maximum atomic E-state index is 11.9. The van der Waals surface area contributed by atoms with Crippen LogP contribution in [0.25, 0.3) is 0 Å². The first-order chi connectivity index (χ1) is 10.9. The molecule has 0 unspecified atom stereocenters. The van der Waals surface area contributed by atoms with Crippen molar-refractivity contribution >= 4 is 17.8 Å². The number of hydrogen-bond acceptors (Lipinski definition) is 4. The molecule has 23 heavy (non-hydrogen) atoms. The minimum Gasteiger partial charge on any atom is -0.267 e. The molecule has 2 rings (SSSR count). The Morgan fingerprint density at radius 1 is 1.09 bits per heavy atom. The maximum Gasteiger partial charge on any atom is 0.271 e. The number of non-ortho nitro benzene ring substituents is 1. The molecule has 118 valence electrons. The molecule has 0 fully saturated rings. The highest BCUT2D eigenvalue weighted by Gasteiger charge is 2.08. The SMILES string of the molecule is Cc1cc(C)c(/C=N\NC(=O)c2ccc([N+](=O)[O-])cc2)cc1C. The Morgan fingerprint density at radius 2 is 1.70 bits per heavy atom. The average Bonchev–Trinajstić information content (AvgIpc) is 2.52. The van der Waals surface area contributed by atoms with Gasteiger partial charge >= 0.3 is 0 Å². The van der Waals surface area contributed by atoms with Crippen LogP contribution in [0.1, 0.15) is 32.6 Å². The number of nitro benzene ring substituents is 1. The lowest BCUT2D eigenvalue weighted by atomic mass is 10.0. The van der Waals surface area contributed by atoms with Gasteiger partial charge in [-0.3, -0.25) is 14.9 Å². The first-order valence-corrected chi connectivity index (χ1v) is 7.04. The summed E-state index contributed by atoms with van der Waals surface area (Å²) in [6.45, 7) is 6.03. The van der Waals surface area contributed by atoms with Gasteiger partial charge in [0.15, 0.2) is 0 Å². The van der Waals surface area contributed by atoms with Gasteiger partial charge in [0.2, 0.25) is 0 Å². The Kier molecular flexibility index (Phi) is 4.85. The van der Waals surface area contributed by atoms with E-state index in [1.807, 2.05) is 26.8 Å². The van der Waals surface area contributed by atoms with Crippen LogP contribution in [-0.4, -0.2) is 17.0 Å². The van der Waals surface area contributed by atoms with Crippen molar-refractivity contribution in [1.29, 1.82) is 0 Å². The molecule has 0 aromatic heterocycles. The molecule has 0 saturated heterocycles. The smallest absolute Gasteiger partial charge is 0.267 e. The first kappa shape index (κ1) is 16.4. The van der Waals surface area contributed by atoms with Gasteiger partial charge in [-0.1, -0.05) is 6.07 Å². The zero-order chi connectivity index (χ0) is 17.0. The Labute approximate surface area is 134 Å². The molecule has 1 amide bonds. The highest BCUT2D eigenvalue weighted by molar-refractivity contribution is 5.95. The summed E-state index contributed by atoms with van der Waals surface area (Å²) in [5.41, 5.74) is 7.02. The molecule has 2 aromatic rings. The third kappa shape index (κ3) is 4.00. The molecular weight excluding hydrogens is 294 g/mol. The highest BCUT2D eigenvalue weighted by atomic mass is 16.6. The van der Waals surface area contributed by atoms with Crippen LogP contribution in [0.5, 0.6) is 0 Å². The van der Waals surface area contributed by atoms with Crippen LogP contribution in [0.2, 0.25) is 0 Å². The number of carbonyl (C=O) groups excluding carboxylic acids is 1. The Balaban J connectivity index is 2.06. The lowest BCUT2D eigenvalue weighted by Gasteiger charge is -2.05. The van der Waals surface area contributed by atoms with Crippen LogP contribution in [0.4, 0.5) is 5.69 Å². The van der Waals surface area contributed by atoms with E-state index in [9.17, 15) is 14.9 Å². The van der Waals surface area contributed by atoms with Gasteiger partial charge in [-0.25, -0.2) is 5.43 Å². The zero-order valence-electron chi connectivity index (χ0n) is 13.2. The van der Waals surface area contributed by atoms with Crippen molar-refractivity contribution in [2.24, 2.45) is 5.10 Å². The van der Waals surface area contributed by atoms with Gasteiger partial charge in [-0.05, 0) is 61.2 Å². The van der Waals surface area contributed by atoms with Gasteiger partial charge in [-0.15, -0.1) is 0 Å².